The van der Waals surface area contributed by atoms with Gasteiger partial charge in [0.25, 0.3) is 0 Å². The van der Waals surface area contributed by atoms with Gasteiger partial charge in [0, 0.05) is 6.54 Å². The Morgan fingerprint density at radius 1 is 1.28 bits per heavy atom. The van der Waals surface area contributed by atoms with Crippen molar-refractivity contribution in [2.75, 3.05) is 20.7 Å². The number of para-hydroxylation sites is 1. The van der Waals surface area contributed by atoms with Crippen LogP contribution >= 0.6 is 0 Å². The molecule has 0 saturated heterocycles. The minimum absolute atomic E-state index is 0.131. The first-order valence-corrected chi connectivity index (χ1v) is 8.12. The molecule has 0 spiro atoms. The SMILES string of the molecule is CN.COC(=O)NCC[C@H]1Cc2cc(F)ccc2Oc2ccccc21. The molecule has 1 aliphatic rings. The van der Waals surface area contributed by atoms with Gasteiger partial charge in [-0.05, 0) is 61.2 Å². The van der Waals surface area contributed by atoms with Crippen molar-refractivity contribution in [3.05, 3.63) is 59.4 Å². The molecule has 0 aliphatic carbocycles. The molecular weight excluding hydrogens is 323 g/mol. The summed E-state index contributed by atoms with van der Waals surface area (Å²) in [6, 6.07) is 12.4. The van der Waals surface area contributed by atoms with E-state index in [0.29, 0.717) is 25.1 Å². The second-order valence-electron chi connectivity index (χ2n) is 5.50. The fourth-order valence-electron chi connectivity index (χ4n) is 2.89. The van der Waals surface area contributed by atoms with Crippen LogP contribution < -0.4 is 15.8 Å². The topological polar surface area (TPSA) is 73.6 Å². The number of carbonyl (C=O) groups excluding carboxylic acids is 1. The molecule has 3 N–H and O–H groups in total. The zero-order valence-corrected chi connectivity index (χ0v) is 14.4. The van der Waals surface area contributed by atoms with Crippen LogP contribution in [-0.2, 0) is 11.2 Å². The molecule has 0 unspecified atom stereocenters. The van der Waals surface area contributed by atoms with Gasteiger partial charge in [-0.25, -0.2) is 9.18 Å². The largest absolute Gasteiger partial charge is 0.457 e. The van der Waals surface area contributed by atoms with Gasteiger partial charge < -0.3 is 20.5 Å². The zero-order valence-electron chi connectivity index (χ0n) is 14.4. The Kier molecular flexibility index (Phi) is 6.77. The van der Waals surface area contributed by atoms with Gasteiger partial charge in [0.1, 0.15) is 17.3 Å². The van der Waals surface area contributed by atoms with Crippen molar-refractivity contribution in [1.29, 1.82) is 0 Å². The Morgan fingerprint density at radius 3 is 2.80 bits per heavy atom. The molecule has 0 radical (unpaired) electrons. The summed E-state index contributed by atoms with van der Waals surface area (Å²) in [5.41, 5.74) is 6.40. The van der Waals surface area contributed by atoms with Crippen LogP contribution in [0.15, 0.2) is 42.5 Å². The van der Waals surface area contributed by atoms with Gasteiger partial charge in [-0.3, -0.25) is 0 Å². The first-order chi connectivity index (χ1) is 12.2. The summed E-state index contributed by atoms with van der Waals surface area (Å²) in [5.74, 6) is 1.32. The summed E-state index contributed by atoms with van der Waals surface area (Å²) in [4.78, 5) is 11.2. The predicted molar refractivity (Wildman–Crippen MR) is 94.5 cm³/mol. The van der Waals surface area contributed by atoms with E-state index in [1.807, 2.05) is 24.3 Å². The summed E-state index contributed by atoms with van der Waals surface area (Å²) in [5, 5.41) is 2.69. The summed E-state index contributed by atoms with van der Waals surface area (Å²) >= 11 is 0. The fraction of sp³-hybridized carbons (Fsp3) is 0.316. The van der Waals surface area contributed by atoms with E-state index in [4.69, 9.17) is 4.74 Å². The van der Waals surface area contributed by atoms with Crippen molar-refractivity contribution in [2.24, 2.45) is 5.73 Å². The van der Waals surface area contributed by atoms with E-state index < -0.39 is 6.09 Å². The number of halogens is 1. The molecule has 3 rings (SSSR count). The standard InChI is InChI=1S/C18H18FNO3.CH5N/c1-22-18(21)20-9-8-12-10-13-11-14(19)6-7-16(13)23-17-5-3-2-4-15(12)17;1-2/h2-7,11-12H,8-10H2,1H3,(H,20,21);2H2,1H3/t12-;/m0./s1. The van der Waals surface area contributed by atoms with Gasteiger partial charge >= 0.3 is 6.09 Å². The molecule has 2 aromatic carbocycles. The predicted octanol–water partition coefficient (Wildman–Crippen LogP) is 3.58. The number of methoxy groups -OCH3 is 1. The van der Waals surface area contributed by atoms with Crippen LogP contribution in [0, 0.1) is 5.82 Å². The molecular formula is C19H23FN2O3. The van der Waals surface area contributed by atoms with Crippen LogP contribution in [0.2, 0.25) is 0 Å². The molecule has 0 aromatic heterocycles. The Hall–Kier alpha value is -2.60. The number of rotatable bonds is 3. The number of hydrogen-bond donors (Lipinski definition) is 2. The molecule has 1 amide bonds. The van der Waals surface area contributed by atoms with Gasteiger partial charge in [0.05, 0.1) is 7.11 Å². The Labute approximate surface area is 146 Å². The molecule has 25 heavy (non-hydrogen) atoms. The Bertz CT molecular complexity index is 722. The van der Waals surface area contributed by atoms with E-state index >= 15 is 0 Å². The fourth-order valence-corrected chi connectivity index (χ4v) is 2.89. The third-order valence-electron chi connectivity index (χ3n) is 4.02. The first-order valence-electron chi connectivity index (χ1n) is 8.12. The lowest BCUT2D eigenvalue weighted by atomic mass is 9.89. The molecule has 0 saturated carbocycles. The van der Waals surface area contributed by atoms with E-state index in [9.17, 15) is 9.18 Å². The minimum Gasteiger partial charge on any atom is -0.457 e. The number of hydrogen-bond acceptors (Lipinski definition) is 4. The number of carbonyl (C=O) groups is 1. The average molecular weight is 346 g/mol. The zero-order chi connectivity index (χ0) is 18.2. The number of nitrogens with two attached hydrogens (primary N) is 1. The smallest absolute Gasteiger partial charge is 0.406 e. The summed E-state index contributed by atoms with van der Waals surface area (Å²) in [6.45, 7) is 0.482. The van der Waals surface area contributed by atoms with Crippen LogP contribution in [0.1, 0.15) is 23.5 Å². The number of benzene rings is 2. The molecule has 1 atom stereocenters. The summed E-state index contributed by atoms with van der Waals surface area (Å²) in [6.07, 6.45) is 0.924. The van der Waals surface area contributed by atoms with Crippen LogP contribution in [0.3, 0.4) is 0 Å². The molecule has 1 aliphatic heterocycles. The van der Waals surface area contributed by atoms with Crippen molar-refractivity contribution in [1.82, 2.24) is 5.32 Å². The van der Waals surface area contributed by atoms with Crippen LogP contribution in [0.4, 0.5) is 9.18 Å². The highest BCUT2D eigenvalue weighted by atomic mass is 19.1. The maximum atomic E-state index is 13.6. The summed E-state index contributed by atoms with van der Waals surface area (Å²) < 4.78 is 24.1. The maximum Gasteiger partial charge on any atom is 0.406 e. The third-order valence-corrected chi connectivity index (χ3v) is 4.02. The molecule has 1 heterocycles. The highest BCUT2D eigenvalue weighted by Gasteiger charge is 2.23. The maximum absolute atomic E-state index is 13.6. The Morgan fingerprint density at radius 2 is 2.04 bits per heavy atom. The van der Waals surface area contributed by atoms with E-state index in [-0.39, 0.29) is 11.7 Å². The lowest BCUT2D eigenvalue weighted by Crippen LogP contribution is -2.25. The van der Waals surface area contributed by atoms with E-state index in [1.54, 1.807) is 6.07 Å². The lowest BCUT2D eigenvalue weighted by molar-refractivity contribution is 0.170. The van der Waals surface area contributed by atoms with Crippen molar-refractivity contribution >= 4 is 6.09 Å². The van der Waals surface area contributed by atoms with E-state index in [2.05, 4.69) is 15.8 Å². The number of alkyl carbamates (subject to hydrolysis) is 1. The lowest BCUT2D eigenvalue weighted by Gasteiger charge is -2.16. The number of amides is 1. The second kappa shape index (κ2) is 9.03. The van der Waals surface area contributed by atoms with Gasteiger partial charge in [-0.2, -0.15) is 0 Å². The molecule has 134 valence electrons. The number of ether oxygens (including phenoxy) is 2. The quantitative estimate of drug-likeness (QED) is 0.891. The second-order valence-corrected chi connectivity index (χ2v) is 5.50. The van der Waals surface area contributed by atoms with Crippen LogP contribution in [0.25, 0.3) is 0 Å². The molecule has 0 bridgehead atoms. The van der Waals surface area contributed by atoms with Gasteiger partial charge in [0.2, 0.25) is 0 Å². The third kappa shape index (κ3) is 4.70. The van der Waals surface area contributed by atoms with Crippen LogP contribution in [0.5, 0.6) is 11.5 Å². The number of nitrogens with one attached hydrogen (secondary N) is 1. The van der Waals surface area contributed by atoms with Gasteiger partial charge in [-0.15, -0.1) is 0 Å². The molecule has 5 nitrogen and oxygen atoms in total. The average Bonchev–Trinajstić information content (AvgIpc) is 2.79. The van der Waals surface area contributed by atoms with Crippen molar-refractivity contribution < 1.29 is 18.7 Å². The van der Waals surface area contributed by atoms with E-state index in [1.165, 1.54) is 26.3 Å². The molecule has 0 fully saturated rings. The normalized spacial score (nSPS) is 14.6. The minimum atomic E-state index is -0.449. The summed E-state index contributed by atoms with van der Waals surface area (Å²) in [7, 11) is 2.84. The van der Waals surface area contributed by atoms with Crippen molar-refractivity contribution in [2.45, 2.75) is 18.8 Å². The van der Waals surface area contributed by atoms with Gasteiger partial charge in [-0.1, -0.05) is 18.2 Å². The highest BCUT2D eigenvalue weighted by Crippen LogP contribution is 2.40. The first kappa shape index (κ1) is 18.7. The van der Waals surface area contributed by atoms with Crippen LogP contribution in [-0.4, -0.2) is 26.8 Å². The van der Waals surface area contributed by atoms with Crippen molar-refractivity contribution in [3.63, 3.8) is 0 Å². The highest BCUT2D eigenvalue weighted by molar-refractivity contribution is 5.66. The Balaban J connectivity index is 0.00000109. The monoisotopic (exact) mass is 346 g/mol. The molecule has 6 heteroatoms. The van der Waals surface area contributed by atoms with Crippen molar-refractivity contribution in [3.8, 4) is 11.5 Å². The number of fused-ring (bicyclic) bond motifs is 2. The van der Waals surface area contributed by atoms with E-state index in [0.717, 1.165) is 16.9 Å². The van der Waals surface area contributed by atoms with Gasteiger partial charge in [0.15, 0.2) is 0 Å². The molecule has 2 aromatic rings.